The molecule has 1 aliphatic carbocycles. The van der Waals surface area contributed by atoms with Gasteiger partial charge < -0.3 is 0 Å². The molecule has 1 aliphatic rings. The fourth-order valence-electron chi connectivity index (χ4n) is 0.562. The van der Waals surface area contributed by atoms with Crippen LogP contribution in [0.3, 0.4) is 0 Å². The molecule has 1 rings (SSSR count). The van der Waals surface area contributed by atoms with Gasteiger partial charge in [-0.1, -0.05) is 17.7 Å². The Kier molecular flexibility index (Phi) is 1.94. The zero-order valence-corrected chi connectivity index (χ0v) is 5.94. The predicted molar refractivity (Wildman–Crippen MR) is 40.3 cm³/mol. The molecular formula is C8H7Cl. The lowest BCUT2D eigenvalue weighted by Crippen LogP contribution is -1.68. The summed E-state index contributed by atoms with van der Waals surface area (Å²) < 4.78 is 0. The summed E-state index contributed by atoms with van der Waals surface area (Å²) in [5, 5.41) is 0.788. The van der Waals surface area contributed by atoms with Crippen molar-refractivity contribution in [3.05, 3.63) is 40.6 Å². The van der Waals surface area contributed by atoms with E-state index >= 15 is 0 Å². The fraction of sp³-hybridized carbons (Fsp3) is 0.125. The minimum absolute atomic E-state index is 0.788. The van der Waals surface area contributed by atoms with Crippen molar-refractivity contribution in [2.75, 3.05) is 0 Å². The molecule has 0 bridgehead atoms. The summed E-state index contributed by atoms with van der Waals surface area (Å²) in [6, 6.07) is 0. The Labute approximate surface area is 59.8 Å². The summed E-state index contributed by atoms with van der Waals surface area (Å²) in [5.41, 5.74) is 4.01. The van der Waals surface area contributed by atoms with E-state index in [1.54, 1.807) is 0 Å². The Morgan fingerprint density at radius 1 is 1.56 bits per heavy atom. The van der Waals surface area contributed by atoms with Crippen molar-refractivity contribution in [3.63, 3.8) is 0 Å². The minimum atomic E-state index is 0.788. The van der Waals surface area contributed by atoms with Crippen LogP contribution in [-0.2, 0) is 0 Å². The second-order valence-corrected chi connectivity index (χ2v) is 2.27. The lowest BCUT2D eigenvalue weighted by Gasteiger charge is -1.88. The molecule has 0 aromatic heterocycles. The molecule has 0 aliphatic heterocycles. The van der Waals surface area contributed by atoms with E-state index in [4.69, 9.17) is 11.6 Å². The molecule has 9 heavy (non-hydrogen) atoms. The van der Waals surface area contributed by atoms with Crippen molar-refractivity contribution in [2.24, 2.45) is 0 Å². The Morgan fingerprint density at radius 3 is 3.11 bits per heavy atom. The summed E-state index contributed by atoms with van der Waals surface area (Å²) in [7, 11) is 0. The topological polar surface area (TPSA) is 0 Å². The van der Waals surface area contributed by atoms with Gasteiger partial charge in [-0.15, -0.1) is 5.73 Å². The first-order chi connectivity index (χ1) is 4.30. The monoisotopic (exact) mass is 138 g/mol. The zero-order valence-electron chi connectivity index (χ0n) is 5.19. The largest absolute Gasteiger partial charge is 0.120 e. The molecule has 1 heteroatoms. The molecular weight excluding hydrogens is 132 g/mol. The maximum absolute atomic E-state index is 5.77. The molecule has 0 N–H and O–H groups in total. The number of hydrogen-bond acceptors (Lipinski definition) is 0. The van der Waals surface area contributed by atoms with Crippen molar-refractivity contribution in [2.45, 2.75) is 6.92 Å². The van der Waals surface area contributed by atoms with Gasteiger partial charge in [0, 0.05) is 5.03 Å². The predicted octanol–water partition coefficient (Wildman–Crippen LogP) is 2.78. The normalized spacial score (nSPS) is 16.7. The second kappa shape index (κ2) is 2.72. The average Bonchev–Trinajstić information content (AvgIpc) is 1.99. The van der Waals surface area contributed by atoms with Crippen LogP contribution >= 0.6 is 11.6 Å². The number of halogens is 1. The number of allylic oxidation sites excluding steroid dienone is 5. The van der Waals surface area contributed by atoms with Crippen molar-refractivity contribution in [1.82, 2.24) is 0 Å². The van der Waals surface area contributed by atoms with E-state index in [-0.39, 0.29) is 0 Å². The van der Waals surface area contributed by atoms with Crippen LogP contribution in [0.15, 0.2) is 40.6 Å². The van der Waals surface area contributed by atoms with Crippen LogP contribution in [0.2, 0.25) is 0 Å². The highest BCUT2D eigenvalue weighted by molar-refractivity contribution is 6.31. The first-order valence-corrected chi connectivity index (χ1v) is 3.14. The van der Waals surface area contributed by atoms with E-state index in [1.165, 1.54) is 0 Å². The molecule has 0 saturated carbocycles. The number of hydrogen-bond donors (Lipinski definition) is 0. The molecule has 0 aromatic carbocycles. The van der Waals surface area contributed by atoms with E-state index in [0.29, 0.717) is 0 Å². The van der Waals surface area contributed by atoms with Gasteiger partial charge in [0.1, 0.15) is 0 Å². The van der Waals surface area contributed by atoms with Gasteiger partial charge in [0.2, 0.25) is 0 Å². The summed E-state index contributed by atoms with van der Waals surface area (Å²) in [4.78, 5) is 0. The first-order valence-electron chi connectivity index (χ1n) is 2.76. The highest BCUT2D eigenvalue weighted by Crippen LogP contribution is 2.12. The third kappa shape index (κ3) is 1.60. The quantitative estimate of drug-likeness (QED) is 0.452. The van der Waals surface area contributed by atoms with Gasteiger partial charge in [0.05, 0.1) is 0 Å². The molecule has 0 unspecified atom stereocenters. The third-order valence-corrected chi connectivity index (χ3v) is 1.54. The van der Waals surface area contributed by atoms with Crippen LogP contribution in [0.25, 0.3) is 0 Å². The molecule has 0 atom stereocenters. The van der Waals surface area contributed by atoms with E-state index in [2.05, 4.69) is 5.73 Å². The van der Waals surface area contributed by atoms with Crippen molar-refractivity contribution < 1.29 is 0 Å². The Bertz CT molecular complexity index is 225. The fourth-order valence-corrected chi connectivity index (χ4v) is 0.689. The Balaban J connectivity index is 3.06. The number of rotatable bonds is 0. The summed E-state index contributed by atoms with van der Waals surface area (Å²) in [5.74, 6) is 0. The van der Waals surface area contributed by atoms with Gasteiger partial charge >= 0.3 is 0 Å². The van der Waals surface area contributed by atoms with Gasteiger partial charge in [0.15, 0.2) is 0 Å². The Morgan fingerprint density at radius 2 is 2.33 bits per heavy atom. The lowest BCUT2D eigenvalue weighted by molar-refractivity contribution is 1.51. The summed E-state index contributed by atoms with van der Waals surface area (Å²) in [6.45, 7) is 1.96. The van der Waals surface area contributed by atoms with E-state index in [9.17, 15) is 0 Å². The second-order valence-electron chi connectivity index (χ2n) is 1.87. The van der Waals surface area contributed by atoms with Crippen LogP contribution in [0.5, 0.6) is 0 Å². The van der Waals surface area contributed by atoms with E-state index < -0.39 is 0 Å². The van der Waals surface area contributed by atoms with Crippen molar-refractivity contribution in [3.8, 4) is 0 Å². The SMILES string of the molecule is CC1=C(Cl)C=CC=C=C1. The van der Waals surface area contributed by atoms with Crippen molar-refractivity contribution >= 4 is 11.6 Å². The smallest absolute Gasteiger partial charge is 0.0441 e. The van der Waals surface area contributed by atoms with Crippen LogP contribution in [0.1, 0.15) is 6.92 Å². The Hall–Kier alpha value is -0.710. The van der Waals surface area contributed by atoms with Crippen molar-refractivity contribution in [1.29, 1.82) is 0 Å². The zero-order chi connectivity index (χ0) is 6.69. The third-order valence-electron chi connectivity index (χ3n) is 1.11. The molecule has 0 fully saturated rings. The van der Waals surface area contributed by atoms with Gasteiger partial charge in [0.25, 0.3) is 0 Å². The molecule has 0 aromatic rings. The van der Waals surface area contributed by atoms with Crippen LogP contribution < -0.4 is 0 Å². The van der Waals surface area contributed by atoms with Gasteiger partial charge in [-0.05, 0) is 30.7 Å². The maximum atomic E-state index is 5.77. The summed E-state index contributed by atoms with van der Waals surface area (Å²) in [6.07, 6.45) is 7.42. The molecule has 0 amide bonds. The lowest BCUT2D eigenvalue weighted by atomic mass is 10.3. The van der Waals surface area contributed by atoms with Gasteiger partial charge in [-0.25, -0.2) is 0 Å². The molecule has 46 valence electrons. The highest BCUT2D eigenvalue weighted by atomic mass is 35.5. The highest BCUT2D eigenvalue weighted by Gasteiger charge is 1.90. The minimum Gasteiger partial charge on any atom is -0.120 e. The molecule has 0 nitrogen and oxygen atoms in total. The molecule has 0 heterocycles. The maximum Gasteiger partial charge on any atom is 0.0441 e. The molecule has 0 spiro atoms. The van der Waals surface area contributed by atoms with Gasteiger partial charge in [-0.2, -0.15) is 0 Å². The van der Waals surface area contributed by atoms with Gasteiger partial charge in [-0.3, -0.25) is 0 Å². The van der Waals surface area contributed by atoms with E-state index in [1.807, 2.05) is 31.2 Å². The van der Waals surface area contributed by atoms with E-state index in [0.717, 1.165) is 10.6 Å². The standard InChI is InChI=1S/C8H7Cl/c1-7-5-3-2-4-6-8(7)9/h2,4-6H,1H3. The molecule has 0 radical (unpaired) electrons. The molecule has 0 saturated heterocycles. The van der Waals surface area contributed by atoms with Crippen LogP contribution in [0.4, 0.5) is 0 Å². The first kappa shape index (κ1) is 6.41. The van der Waals surface area contributed by atoms with Crippen LogP contribution in [-0.4, -0.2) is 0 Å². The summed E-state index contributed by atoms with van der Waals surface area (Å²) >= 11 is 5.77. The van der Waals surface area contributed by atoms with Crippen LogP contribution in [0, 0.1) is 0 Å². The average molecular weight is 139 g/mol.